The fraction of sp³-hybridized carbons (Fsp3) is 0.143. The summed E-state index contributed by atoms with van der Waals surface area (Å²) in [6.45, 7) is 0. The summed E-state index contributed by atoms with van der Waals surface area (Å²) < 4.78 is 0.966. The summed E-state index contributed by atoms with van der Waals surface area (Å²) in [4.78, 5) is 11.0. The molecule has 0 aliphatic rings. The van der Waals surface area contributed by atoms with Crippen LogP contribution in [-0.2, 0) is 0 Å². The quantitative estimate of drug-likeness (QED) is 0.778. The predicted molar refractivity (Wildman–Crippen MR) is 78.8 cm³/mol. The number of phenols is 1. The first-order valence-corrected chi connectivity index (χ1v) is 6.68. The Bertz CT molecular complexity index is 719. The average Bonchev–Trinajstić information content (AvgIpc) is 2.81. The van der Waals surface area contributed by atoms with Crippen molar-refractivity contribution in [1.29, 1.82) is 0 Å². The largest absolute Gasteiger partial charge is 0.508 e. The average molecular weight is 271 g/mol. The van der Waals surface area contributed by atoms with E-state index in [0.29, 0.717) is 0 Å². The lowest BCUT2D eigenvalue weighted by Crippen LogP contribution is -2.08. The minimum Gasteiger partial charge on any atom is -0.508 e. The first kappa shape index (κ1) is 11.9. The van der Waals surface area contributed by atoms with E-state index < -0.39 is 0 Å². The van der Waals surface area contributed by atoms with Crippen molar-refractivity contribution < 1.29 is 5.11 Å². The number of pyridine rings is 1. The van der Waals surface area contributed by atoms with E-state index in [1.807, 2.05) is 43.4 Å². The van der Waals surface area contributed by atoms with E-state index in [9.17, 15) is 5.11 Å². The Kier molecular flexibility index (Phi) is 2.83. The maximum absolute atomic E-state index is 9.47. The standard InChI is InChI=1S/C14H13N3OS/c1-17(2)9-3-5-12(15-8-9)14-16-11-6-4-10(18)7-13(11)19-14/h3-8,18H,1-2H3. The van der Waals surface area contributed by atoms with Gasteiger partial charge in [-0.15, -0.1) is 11.3 Å². The zero-order valence-corrected chi connectivity index (χ0v) is 11.5. The van der Waals surface area contributed by atoms with E-state index in [-0.39, 0.29) is 5.75 Å². The van der Waals surface area contributed by atoms with Gasteiger partial charge in [0.1, 0.15) is 10.8 Å². The summed E-state index contributed by atoms with van der Waals surface area (Å²) in [5.41, 5.74) is 2.80. The molecule has 0 radical (unpaired) electrons. The van der Waals surface area contributed by atoms with E-state index in [1.165, 1.54) is 11.3 Å². The third kappa shape index (κ3) is 2.24. The van der Waals surface area contributed by atoms with Gasteiger partial charge in [-0.05, 0) is 30.3 Å². The summed E-state index contributed by atoms with van der Waals surface area (Å²) in [5, 5.41) is 10.3. The Morgan fingerprint density at radius 2 is 2.00 bits per heavy atom. The Balaban J connectivity index is 2.03. The van der Waals surface area contributed by atoms with Crippen molar-refractivity contribution >= 4 is 27.2 Å². The molecule has 0 aliphatic carbocycles. The van der Waals surface area contributed by atoms with E-state index in [0.717, 1.165) is 26.6 Å². The van der Waals surface area contributed by atoms with Gasteiger partial charge in [0.05, 0.1) is 27.8 Å². The molecule has 0 atom stereocenters. The number of nitrogens with zero attached hydrogens (tertiary/aromatic N) is 3. The molecule has 0 unspecified atom stereocenters. The molecule has 3 rings (SSSR count). The number of benzene rings is 1. The molecule has 2 aromatic heterocycles. The molecule has 5 heteroatoms. The van der Waals surface area contributed by atoms with Crippen LogP contribution < -0.4 is 4.90 Å². The lowest BCUT2D eigenvalue weighted by molar-refractivity contribution is 0.476. The van der Waals surface area contributed by atoms with Crippen molar-refractivity contribution in [2.24, 2.45) is 0 Å². The highest BCUT2D eigenvalue weighted by Gasteiger charge is 2.08. The molecule has 0 saturated heterocycles. The molecule has 0 amide bonds. The topological polar surface area (TPSA) is 49.2 Å². The molecule has 0 saturated carbocycles. The van der Waals surface area contributed by atoms with Crippen LogP contribution in [0.5, 0.6) is 5.75 Å². The Morgan fingerprint density at radius 1 is 1.16 bits per heavy atom. The van der Waals surface area contributed by atoms with Crippen molar-refractivity contribution in [1.82, 2.24) is 9.97 Å². The van der Waals surface area contributed by atoms with Crippen molar-refractivity contribution in [3.05, 3.63) is 36.5 Å². The summed E-state index contributed by atoms with van der Waals surface area (Å²) >= 11 is 1.53. The van der Waals surface area contributed by atoms with Gasteiger partial charge in [-0.25, -0.2) is 4.98 Å². The molecule has 19 heavy (non-hydrogen) atoms. The highest BCUT2D eigenvalue weighted by atomic mass is 32.1. The fourth-order valence-electron chi connectivity index (χ4n) is 1.80. The van der Waals surface area contributed by atoms with Crippen LogP contribution in [-0.4, -0.2) is 29.2 Å². The first-order chi connectivity index (χ1) is 9.13. The number of hydrogen-bond acceptors (Lipinski definition) is 5. The molecule has 2 heterocycles. The molecule has 96 valence electrons. The van der Waals surface area contributed by atoms with Crippen LogP contribution in [0.1, 0.15) is 0 Å². The predicted octanol–water partition coefficient (Wildman–Crippen LogP) is 3.13. The van der Waals surface area contributed by atoms with Gasteiger partial charge in [0, 0.05) is 14.1 Å². The van der Waals surface area contributed by atoms with Crippen LogP contribution in [0.4, 0.5) is 5.69 Å². The first-order valence-electron chi connectivity index (χ1n) is 5.87. The van der Waals surface area contributed by atoms with Crippen LogP contribution in [0.15, 0.2) is 36.5 Å². The van der Waals surface area contributed by atoms with E-state index in [1.54, 1.807) is 12.1 Å². The van der Waals surface area contributed by atoms with Gasteiger partial charge in [-0.1, -0.05) is 0 Å². The molecule has 0 fully saturated rings. The van der Waals surface area contributed by atoms with Crippen LogP contribution in [0, 0.1) is 0 Å². The number of aromatic hydroxyl groups is 1. The van der Waals surface area contributed by atoms with Crippen LogP contribution in [0.2, 0.25) is 0 Å². The van der Waals surface area contributed by atoms with Crippen molar-refractivity contribution in [2.75, 3.05) is 19.0 Å². The molecule has 3 aromatic rings. The Morgan fingerprint density at radius 3 is 2.68 bits per heavy atom. The monoisotopic (exact) mass is 271 g/mol. The smallest absolute Gasteiger partial charge is 0.143 e. The van der Waals surface area contributed by atoms with Gasteiger partial charge in [0.25, 0.3) is 0 Å². The second-order valence-electron chi connectivity index (χ2n) is 4.47. The second-order valence-corrected chi connectivity index (χ2v) is 5.50. The minimum absolute atomic E-state index is 0.263. The zero-order chi connectivity index (χ0) is 13.4. The highest BCUT2D eigenvalue weighted by molar-refractivity contribution is 7.21. The molecule has 1 aromatic carbocycles. The number of rotatable bonds is 2. The normalized spacial score (nSPS) is 10.8. The van der Waals surface area contributed by atoms with Crippen molar-refractivity contribution in [2.45, 2.75) is 0 Å². The maximum atomic E-state index is 9.47. The molecular formula is C14H13N3OS. The van der Waals surface area contributed by atoms with Gasteiger partial charge in [0.2, 0.25) is 0 Å². The third-order valence-corrected chi connectivity index (χ3v) is 3.90. The van der Waals surface area contributed by atoms with Crippen LogP contribution in [0.25, 0.3) is 20.9 Å². The van der Waals surface area contributed by atoms with E-state index in [2.05, 4.69) is 9.97 Å². The Hall–Kier alpha value is -2.14. The van der Waals surface area contributed by atoms with Gasteiger partial charge in [0.15, 0.2) is 0 Å². The molecule has 0 bridgehead atoms. The number of fused-ring (bicyclic) bond motifs is 1. The molecule has 0 spiro atoms. The molecular weight excluding hydrogens is 258 g/mol. The summed E-state index contributed by atoms with van der Waals surface area (Å²) in [6, 6.07) is 9.18. The molecule has 0 aliphatic heterocycles. The summed E-state index contributed by atoms with van der Waals surface area (Å²) in [7, 11) is 3.97. The lowest BCUT2D eigenvalue weighted by atomic mass is 10.3. The van der Waals surface area contributed by atoms with Crippen molar-refractivity contribution in [3.8, 4) is 16.5 Å². The second kappa shape index (κ2) is 4.51. The van der Waals surface area contributed by atoms with Gasteiger partial charge >= 0.3 is 0 Å². The minimum atomic E-state index is 0.263. The lowest BCUT2D eigenvalue weighted by Gasteiger charge is -2.11. The number of aromatic nitrogens is 2. The number of hydrogen-bond donors (Lipinski definition) is 1. The molecule has 4 nitrogen and oxygen atoms in total. The SMILES string of the molecule is CN(C)c1ccc(-c2nc3ccc(O)cc3s2)nc1. The van der Waals surface area contributed by atoms with Crippen LogP contribution >= 0.6 is 11.3 Å². The number of phenolic OH excluding ortho intramolecular Hbond substituents is 1. The maximum Gasteiger partial charge on any atom is 0.143 e. The van der Waals surface area contributed by atoms with Gasteiger partial charge in [-0.2, -0.15) is 0 Å². The zero-order valence-electron chi connectivity index (χ0n) is 10.7. The third-order valence-electron chi connectivity index (χ3n) is 2.86. The Labute approximate surface area is 115 Å². The van der Waals surface area contributed by atoms with Gasteiger partial charge < -0.3 is 10.0 Å². The van der Waals surface area contributed by atoms with Gasteiger partial charge in [-0.3, -0.25) is 4.98 Å². The van der Waals surface area contributed by atoms with Crippen molar-refractivity contribution in [3.63, 3.8) is 0 Å². The highest BCUT2D eigenvalue weighted by Crippen LogP contribution is 2.31. The number of anilines is 1. The molecule has 1 N–H and O–H groups in total. The van der Waals surface area contributed by atoms with E-state index in [4.69, 9.17) is 0 Å². The fourth-order valence-corrected chi connectivity index (χ4v) is 2.78. The number of thiazole rings is 1. The van der Waals surface area contributed by atoms with E-state index >= 15 is 0 Å². The summed E-state index contributed by atoms with van der Waals surface area (Å²) in [6.07, 6.45) is 1.83. The summed E-state index contributed by atoms with van der Waals surface area (Å²) in [5.74, 6) is 0.263. The van der Waals surface area contributed by atoms with Crippen LogP contribution in [0.3, 0.4) is 0 Å².